The van der Waals surface area contributed by atoms with Crippen molar-refractivity contribution in [3.63, 3.8) is 0 Å². The van der Waals surface area contributed by atoms with Crippen LogP contribution in [-0.4, -0.2) is 18.9 Å². The lowest BCUT2D eigenvalue weighted by Gasteiger charge is -2.16. The van der Waals surface area contributed by atoms with E-state index < -0.39 is 0 Å². The lowest BCUT2D eigenvalue weighted by atomic mass is 10.1. The molecular formula is C21H14ClNO4. The van der Waals surface area contributed by atoms with Crippen LogP contribution in [0.25, 0.3) is 0 Å². The number of fused-ring (bicyclic) bond motifs is 1. The van der Waals surface area contributed by atoms with Crippen LogP contribution in [0.15, 0.2) is 66.7 Å². The number of halogens is 1. The molecule has 27 heavy (non-hydrogen) atoms. The summed E-state index contributed by atoms with van der Waals surface area (Å²) in [6.45, 7) is 0. The first-order valence-corrected chi connectivity index (χ1v) is 8.55. The Balaban J connectivity index is 1.60. The van der Waals surface area contributed by atoms with Crippen molar-refractivity contribution in [1.29, 1.82) is 0 Å². The highest BCUT2D eigenvalue weighted by Crippen LogP contribution is 2.36. The van der Waals surface area contributed by atoms with E-state index in [-0.39, 0.29) is 11.8 Å². The average Bonchev–Trinajstić information content (AvgIpc) is 2.95. The Morgan fingerprint density at radius 3 is 1.96 bits per heavy atom. The van der Waals surface area contributed by atoms with Gasteiger partial charge in [0.2, 0.25) is 0 Å². The van der Waals surface area contributed by atoms with Gasteiger partial charge in [-0.2, -0.15) is 0 Å². The number of imide groups is 1. The number of methoxy groups -OCH3 is 1. The normalized spacial score (nSPS) is 12.9. The summed E-state index contributed by atoms with van der Waals surface area (Å²) in [5.41, 5.74) is 1.17. The molecule has 0 fully saturated rings. The summed E-state index contributed by atoms with van der Waals surface area (Å²) >= 11 is 6.32. The van der Waals surface area contributed by atoms with Crippen LogP contribution >= 0.6 is 11.6 Å². The Hall–Kier alpha value is -3.31. The van der Waals surface area contributed by atoms with Gasteiger partial charge in [0, 0.05) is 0 Å². The lowest BCUT2D eigenvalue weighted by Crippen LogP contribution is -2.29. The summed E-state index contributed by atoms with van der Waals surface area (Å²) in [7, 11) is 1.59. The van der Waals surface area contributed by atoms with Crippen molar-refractivity contribution < 1.29 is 19.1 Å². The zero-order valence-corrected chi connectivity index (χ0v) is 15.1. The Labute approximate surface area is 160 Å². The monoisotopic (exact) mass is 379 g/mol. The molecule has 0 aromatic heterocycles. The highest BCUT2D eigenvalue weighted by atomic mass is 35.5. The Bertz CT molecular complexity index is 1010. The Morgan fingerprint density at radius 2 is 1.41 bits per heavy atom. The first-order valence-electron chi connectivity index (χ1n) is 8.18. The van der Waals surface area contributed by atoms with Gasteiger partial charge in [-0.15, -0.1) is 0 Å². The molecule has 5 nitrogen and oxygen atoms in total. The van der Waals surface area contributed by atoms with Crippen molar-refractivity contribution in [2.75, 3.05) is 12.0 Å². The van der Waals surface area contributed by atoms with Crippen LogP contribution in [0.4, 0.5) is 5.69 Å². The number of ether oxygens (including phenoxy) is 2. The Morgan fingerprint density at radius 1 is 0.815 bits per heavy atom. The van der Waals surface area contributed by atoms with Gasteiger partial charge in [-0.1, -0.05) is 23.7 Å². The molecule has 0 saturated carbocycles. The van der Waals surface area contributed by atoms with Crippen molar-refractivity contribution in [1.82, 2.24) is 0 Å². The summed E-state index contributed by atoms with van der Waals surface area (Å²) in [5.74, 6) is 0.994. The number of anilines is 1. The van der Waals surface area contributed by atoms with Crippen LogP contribution in [0.5, 0.6) is 17.2 Å². The van der Waals surface area contributed by atoms with E-state index in [1.54, 1.807) is 73.8 Å². The zero-order valence-electron chi connectivity index (χ0n) is 14.3. The Kier molecular flexibility index (Phi) is 4.30. The maximum atomic E-state index is 12.6. The second-order valence-electron chi connectivity index (χ2n) is 5.88. The molecule has 1 aliphatic heterocycles. The van der Waals surface area contributed by atoms with E-state index in [0.29, 0.717) is 33.3 Å². The topological polar surface area (TPSA) is 55.8 Å². The van der Waals surface area contributed by atoms with Gasteiger partial charge in [-0.05, 0) is 54.6 Å². The molecule has 1 heterocycles. The minimum absolute atomic E-state index is 0.292. The van der Waals surface area contributed by atoms with Gasteiger partial charge in [0.25, 0.3) is 11.8 Å². The molecule has 4 rings (SSSR count). The number of carbonyl (C=O) groups is 2. The fourth-order valence-corrected chi connectivity index (χ4v) is 3.12. The van der Waals surface area contributed by atoms with Gasteiger partial charge in [-0.25, -0.2) is 4.90 Å². The molecule has 0 radical (unpaired) electrons. The summed E-state index contributed by atoms with van der Waals surface area (Å²) in [5, 5.41) is 0.292. The molecule has 1 aliphatic rings. The quantitative estimate of drug-likeness (QED) is 0.602. The van der Waals surface area contributed by atoms with E-state index in [0.717, 1.165) is 10.6 Å². The second-order valence-corrected chi connectivity index (χ2v) is 6.29. The summed E-state index contributed by atoms with van der Waals surface area (Å²) in [4.78, 5) is 26.3. The fourth-order valence-electron chi connectivity index (χ4n) is 2.91. The minimum Gasteiger partial charge on any atom is -0.497 e. The van der Waals surface area contributed by atoms with Crippen LogP contribution in [0.3, 0.4) is 0 Å². The summed E-state index contributed by atoms with van der Waals surface area (Å²) in [6, 6.07) is 18.6. The second kappa shape index (κ2) is 6.78. The summed E-state index contributed by atoms with van der Waals surface area (Å²) in [6.07, 6.45) is 0. The average molecular weight is 380 g/mol. The predicted molar refractivity (Wildman–Crippen MR) is 102 cm³/mol. The molecule has 2 amide bonds. The summed E-state index contributed by atoms with van der Waals surface area (Å²) < 4.78 is 10.9. The standard InChI is InChI=1S/C21H14ClNO4/c1-26-14-7-9-15(10-8-14)27-19-11-6-13(12-18(19)22)23-20(24)16-4-2-3-5-17(16)21(23)25/h2-12H,1H3. The molecule has 0 atom stereocenters. The lowest BCUT2D eigenvalue weighted by molar-refractivity contribution is 0.0926. The number of hydrogen-bond acceptors (Lipinski definition) is 4. The smallest absolute Gasteiger partial charge is 0.266 e. The highest BCUT2D eigenvalue weighted by Gasteiger charge is 2.36. The molecular weight excluding hydrogens is 366 g/mol. The SMILES string of the molecule is COc1ccc(Oc2ccc(N3C(=O)c4ccccc4C3=O)cc2Cl)cc1. The predicted octanol–water partition coefficient (Wildman–Crippen LogP) is 4.94. The molecule has 0 unspecified atom stereocenters. The number of rotatable bonds is 4. The van der Waals surface area contributed by atoms with E-state index in [4.69, 9.17) is 21.1 Å². The largest absolute Gasteiger partial charge is 0.497 e. The molecule has 0 N–H and O–H groups in total. The van der Waals surface area contributed by atoms with Gasteiger partial charge < -0.3 is 9.47 Å². The van der Waals surface area contributed by atoms with Crippen LogP contribution in [0.1, 0.15) is 20.7 Å². The van der Waals surface area contributed by atoms with Crippen LogP contribution in [0, 0.1) is 0 Å². The van der Waals surface area contributed by atoms with Crippen LogP contribution in [0.2, 0.25) is 5.02 Å². The highest BCUT2D eigenvalue weighted by molar-refractivity contribution is 6.36. The number of nitrogens with zero attached hydrogens (tertiary/aromatic N) is 1. The van der Waals surface area contributed by atoms with E-state index in [9.17, 15) is 9.59 Å². The van der Waals surface area contributed by atoms with Crippen molar-refractivity contribution in [2.45, 2.75) is 0 Å². The number of amides is 2. The van der Waals surface area contributed by atoms with Crippen molar-refractivity contribution in [2.24, 2.45) is 0 Å². The number of hydrogen-bond donors (Lipinski definition) is 0. The van der Waals surface area contributed by atoms with Gasteiger partial charge >= 0.3 is 0 Å². The third-order valence-corrected chi connectivity index (χ3v) is 4.55. The van der Waals surface area contributed by atoms with E-state index >= 15 is 0 Å². The van der Waals surface area contributed by atoms with Gasteiger partial charge in [0.15, 0.2) is 0 Å². The molecule has 0 bridgehead atoms. The van der Waals surface area contributed by atoms with Crippen LogP contribution in [-0.2, 0) is 0 Å². The minimum atomic E-state index is -0.365. The van der Waals surface area contributed by atoms with Crippen LogP contribution < -0.4 is 14.4 Å². The van der Waals surface area contributed by atoms with E-state index in [2.05, 4.69) is 0 Å². The number of benzene rings is 3. The molecule has 6 heteroatoms. The molecule has 0 aliphatic carbocycles. The fraction of sp³-hybridized carbons (Fsp3) is 0.0476. The van der Waals surface area contributed by atoms with E-state index in [1.165, 1.54) is 0 Å². The van der Waals surface area contributed by atoms with Gasteiger partial charge in [0.05, 0.1) is 28.9 Å². The molecule has 0 spiro atoms. The maximum absolute atomic E-state index is 12.6. The molecule has 3 aromatic carbocycles. The molecule has 3 aromatic rings. The van der Waals surface area contributed by atoms with Crippen molar-refractivity contribution in [3.8, 4) is 17.2 Å². The van der Waals surface area contributed by atoms with E-state index in [1.807, 2.05) is 0 Å². The zero-order chi connectivity index (χ0) is 19.0. The third kappa shape index (κ3) is 3.02. The van der Waals surface area contributed by atoms with Crippen molar-refractivity contribution >= 4 is 29.1 Å². The molecule has 0 saturated heterocycles. The first kappa shape index (κ1) is 17.1. The first-order chi connectivity index (χ1) is 13.1. The van der Waals surface area contributed by atoms with Crippen molar-refractivity contribution in [3.05, 3.63) is 82.9 Å². The molecule has 134 valence electrons. The maximum Gasteiger partial charge on any atom is 0.266 e. The van der Waals surface area contributed by atoms with Gasteiger partial charge in [0.1, 0.15) is 17.2 Å². The third-order valence-electron chi connectivity index (χ3n) is 4.25. The number of carbonyl (C=O) groups excluding carboxylic acids is 2. The van der Waals surface area contributed by atoms with Gasteiger partial charge in [-0.3, -0.25) is 9.59 Å².